The molecule has 0 spiro atoms. The number of fused-ring (bicyclic) bond motifs is 1. The molecule has 2 amide bonds. The van der Waals surface area contributed by atoms with Crippen LogP contribution in [0.3, 0.4) is 0 Å². The average molecular weight is 403 g/mol. The summed E-state index contributed by atoms with van der Waals surface area (Å²) in [4.78, 5) is 16.9. The first-order chi connectivity index (χ1) is 14.3. The molecule has 0 atom stereocenters. The van der Waals surface area contributed by atoms with Gasteiger partial charge in [0, 0.05) is 27.9 Å². The summed E-state index contributed by atoms with van der Waals surface area (Å²) in [7, 11) is 0. The van der Waals surface area contributed by atoms with Crippen LogP contribution in [0, 0.1) is 5.82 Å². The van der Waals surface area contributed by atoms with Crippen LogP contribution in [0.2, 0.25) is 0 Å². The summed E-state index contributed by atoms with van der Waals surface area (Å²) in [6, 6.07) is 14.9. The highest BCUT2D eigenvalue weighted by molar-refractivity contribution is 6.00. The Bertz CT molecular complexity index is 1210. The minimum atomic E-state index is -0.440. The molecule has 0 aliphatic heterocycles. The largest absolute Gasteiger partial charge is 0.323 e. The summed E-state index contributed by atoms with van der Waals surface area (Å²) in [6.45, 7) is 6.35. The number of hydrogen-bond acceptors (Lipinski definition) is 3. The normalized spacial score (nSPS) is 11.5. The Balaban J connectivity index is 1.57. The molecular weight excluding hydrogens is 381 g/mol. The molecule has 4 aromatic rings. The highest BCUT2D eigenvalue weighted by Gasteiger charge is 2.19. The van der Waals surface area contributed by atoms with Gasteiger partial charge in [0.2, 0.25) is 0 Å². The molecule has 3 N–H and O–H groups in total. The summed E-state index contributed by atoms with van der Waals surface area (Å²) in [5.74, 6) is -0.408. The lowest BCUT2D eigenvalue weighted by Crippen LogP contribution is -2.19. The minimum Gasteiger partial charge on any atom is -0.308 e. The Hall–Kier alpha value is -3.74. The number of hydrogen-bond donors (Lipinski definition) is 3. The van der Waals surface area contributed by atoms with Gasteiger partial charge in [-0.15, -0.1) is 0 Å². The van der Waals surface area contributed by atoms with Crippen LogP contribution in [-0.4, -0.2) is 21.2 Å². The number of pyridine rings is 1. The average Bonchev–Trinajstić information content (AvgIpc) is 3.16. The highest BCUT2D eigenvalue weighted by Crippen LogP contribution is 2.32. The van der Waals surface area contributed by atoms with E-state index >= 15 is 0 Å². The number of rotatable bonds is 3. The Morgan fingerprint density at radius 2 is 1.73 bits per heavy atom. The fraction of sp³-hybridized carbons (Fsp3) is 0.174. The molecule has 0 radical (unpaired) electrons. The molecule has 0 saturated carbocycles. The number of carbonyl (C=O) groups is 1. The molecule has 6 nitrogen and oxygen atoms in total. The Labute approximate surface area is 173 Å². The van der Waals surface area contributed by atoms with Crippen LogP contribution in [-0.2, 0) is 5.41 Å². The molecular formula is C23H22FN5O. The predicted octanol–water partition coefficient (Wildman–Crippen LogP) is 5.71. The summed E-state index contributed by atoms with van der Waals surface area (Å²) < 4.78 is 13.3. The van der Waals surface area contributed by atoms with Gasteiger partial charge in [-0.2, -0.15) is 5.10 Å². The third-order valence-electron chi connectivity index (χ3n) is 4.73. The minimum absolute atomic E-state index is 0.107. The van der Waals surface area contributed by atoms with Crippen LogP contribution >= 0.6 is 0 Å². The summed E-state index contributed by atoms with van der Waals surface area (Å²) in [6.07, 6.45) is 1.77. The third-order valence-corrected chi connectivity index (χ3v) is 4.73. The van der Waals surface area contributed by atoms with Gasteiger partial charge in [0.05, 0.1) is 6.20 Å². The van der Waals surface area contributed by atoms with Crippen molar-refractivity contribution in [1.82, 2.24) is 15.2 Å². The smallest absolute Gasteiger partial charge is 0.308 e. The van der Waals surface area contributed by atoms with E-state index in [4.69, 9.17) is 0 Å². The van der Waals surface area contributed by atoms with Crippen LogP contribution in [0.1, 0.15) is 26.5 Å². The maximum absolute atomic E-state index is 13.3. The standard InChI is InChI=1S/C23H22FN5O/c1-23(2,3)20-12-18(19-13-25-29-21(19)28-20)14-7-9-16(10-8-14)26-22(30)27-17-6-4-5-15(24)11-17/h4-13H,1-3H3,(H,25,28,29)(H2,26,27,30). The topological polar surface area (TPSA) is 82.7 Å². The number of aromatic nitrogens is 3. The van der Waals surface area contributed by atoms with E-state index in [9.17, 15) is 9.18 Å². The number of anilines is 2. The van der Waals surface area contributed by atoms with Crippen molar-refractivity contribution < 1.29 is 9.18 Å². The van der Waals surface area contributed by atoms with Gasteiger partial charge in [0.15, 0.2) is 5.65 Å². The van der Waals surface area contributed by atoms with E-state index in [-0.39, 0.29) is 5.41 Å². The molecule has 152 valence electrons. The van der Waals surface area contributed by atoms with Crippen molar-refractivity contribution in [2.45, 2.75) is 26.2 Å². The zero-order valence-electron chi connectivity index (χ0n) is 17.0. The molecule has 7 heteroatoms. The Morgan fingerprint density at radius 3 is 2.43 bits per heavy atom. The molecule has 0 saturated heterocycles. The molecule has 2 heterocycles. The molecule has 0 aliphatic carbocycles. The zero-order chi connectivity index (χ0) is 21.3. The van der Waals surface area contributed by atoms with Gasteiger partial charge in [0.1, 0.15) is 5.82 Å². The second kappa shape index (κ2) is 7.59. The number of aromatic amines is 1. The Kier molecular flexibility index (Phi) is 4.95. The van der Waals surface area contributed by atoms with Crippen LogP contribution in [0.4, 0.5) is 20.6 Å². The van der Waals surface area contributed by atoms with Crippen molar-refractivity contribution in [3.8, 4) is 11.1 Å². The lowest BCUT2D eigenvalue weighted by molar-refractivity contribution is 0.262. The van der Waals surface area contributed by atoms with Crippen molar-refractivity contribution in [3.63, 3.8) is 0 Å². The van der Waals surface area contributed by atoms with E-state index in [1.54, 1.807) is 12.3 Å². The zero-order valence-corrected chi connectivity index (χ0v) is 17.0. The van der Waals surface area contributed by atoms with Crippen molar-refractivity contribution in [2.75, 3.05) is 10.6 Å². The van der Waals surface area contributed by atoms with Crippen LogP contribution in [0.25, 0.3) is 22.2 Å². The molecule has 2 aromatic heterocycles. The second-order valence-electron chi connectivity index (χ2n) is 8.10. The van der Waals surface area contributed by atoms with Gasteiger partial charge in [-0.05, 0) is 47.5 Å². The third kappa shape index (κ3) is 4.15. The molecule has 30 heavy (non-hydrogen) atoms. The van der Waals surface area contributed by atoms with Crippen molar-refractivity contribution >= 4 is 28.4 Å². The molecule has 0 unspecified atom stereocenters. The lowest BCUT2D eigenvalue weighted by Gasteiger charge is -2.19. The molecule has 0 bridgehead atoms. The van der Waals surface area contributed by atoms with E-state index in [0.29, 0.717) is 11.4 Å². The number of nitrogens with zero attached hydrogens (tertiary/aromatic N) is 2. The van der Waals surface area contributed by atoms with E-state index < -0.39 is 11.8 Å². The summed E-state index contributed by atoms with van der Waals surface area (Å²) >= 11 is 0. The maximum Gasteiger partial charge on any atom is 0.323 e. The van der Waals surface area contributed by atoms with Gasteiger partial charge >= 0.3 is 6.03 Å². The maximum atomic E-state index is 13.3. The van der Waals surface area contributed by atoms with E-state index in [0.717, 1.165) is 27.9 Å². The molecule has 0 aliphatic rings. The van der Waals surface area contributed by atoms with E-state index in [1.165, 1.54) is 18.2 Å². The van der Waals surface area contributed by atoms with Crippen LogP contribution < -0.4 is 10.6 Å². The molecule has 2 aromatic carbocycles. The number of amides is 2. The van der Waals surface area contributed by atoms with Crippen molar-refractivity contribution in [1.29, 1.82) is 0 Å². The van der Waals surface area contributed by atoms with Gasteiger partial charge in [-0.1, -0.05) is 39.0 Å². The van der Waals surface area contributed by atoms with Gasteiger partial charge in [-0.3, -0.25) is 5.10 Å². The highest BCUT2D eigenvalue weighted by atomic mass is 19.1. The number of halogens is 1. The summed E-state index contributed by atoms with van der Waals surface area (Å²) in [5, 5.41) is 13.4. The SMILES string of the molecule is CC(C)(C)c1cc(-c2ccc(NC(=O)Nc3cccc(F)c3)cc2)c2cn[nH]c2n1. The fourth-order valence-electron chi connectivity index (χ4n) is 3.14. The number of carbonyl (C=O) groups excluding carboxylic acids is 1. The monoisotopic (exact) mass is 403 g/mol. The Morgan fingerprint density at radius 1 is 1.00 bits per heavy atom. The van der Waals surface area contributed by atoms with Crippen molar-refractivity contribution in [2.24, 2.45) is 0 Å². The van der Waals surface area contributed by atoms with Gasteiger partial charge in [-0.25, -0.2) is 14.2 Å². The first kappa shape index (κ1) is 19.6. The number of nitrogens with one attached hydrogen (secondary N) is 3. The quantitative estimate of drug-likeness (QED) is 0.410. The number of urea groups is 1. The van der Waals surface area contributed by atoms with Gasteiger partial charge in [0.25, 0.3) is 0 Å². The second-order valence-corrected chi connectivity index (χ2v) is 8.10. The first-order valence-electron chi connectivity index (χ1n) is 9.58. The first-order valence-corrected chi connectivity index (χ1v) is 9.58. The van der Waals surface area contributed by atoms with Crippen molar-refractivity contribution in [3.05, 3.63) is 72.3 Å². The lowest BCUT2D eigenvalue weighted by atomic mass is 9.89. The number of benzene rings is 2. The number of H-pyrrole nitrogens is 1. The fourth-order valence-corrected chi connectivity index (χ4v) is 3.14. The van der Waals surface area contributed by atoms with E-state index in [1.807, 2.05) is 24.3 Å². The van der Waals surface area contributed by atoms with Crippen LogP contribution in [0.15, 0.2) is 60.8 Å². The summed E-state index contributed by atoms with van der Waals surface area (Å²) in [5.41, 5.74) is 4.63. The van der Waals surface area contributed by atoms with E-state index in [2.05, 4.69) is 52.7 Å². The molecule has 4 rings (SSSR count). The molecule has 0 fully saturated rings. The van der Waals surface area contributed by atoms with Gasteiger partial charge < -0.3 is 10.6 Å². The van der Waals surface area contributed by atoms with Crippen LogP contribution in [0.5, 0.6) is 0 Å². The predicted molar refractivity (Wildman–Crippen MR) is 117 cm³/mol.